The lowest BCUT2D eigenvalue weighted by Crippen LogP contribution is -2.41. The van der Waals surface area contributed by atoms with E-state index in [1.54, 1.807) is 31.2 Å². The highest BCUT2D eigenvalue weighted by Gasteiger charge is 2.20. The van der Waals surface area contributed by atoms with Crippen molar-refractivity contribution in [1.82, 2.24) is 15.5 Å². The van der Waals surface area contributed by atoms with Gasteiger partial charge in [-0.15, -0.1) is 0 Å². The first-order valence-corrected chi connectivity index (χ1v) is 8.36. The van der Waals surface area contributed by atoms with Crippen LogP contribution in [-0.2, 0) is 4.79 Å². The Morgan fingerprint density at radius 1 is 1.15 bits per heavy atom. The van der Waals surface area contributed by atoms with Crippen LogP contribution >= 0.6 is 0 Å². The van der Waals surface area contributed by atoms with E-state index in [0.29, 0.717) is 23.4 Å². The molecule has 2 amide bonds. The fourth-order valence-electron chi connectivity index (χ4n) is 2.56. The standard InChI is InChI=1S/C19H20N4O3/c1-3-26-16-11-7-6-10-15(16)21-18(24)12(2)20-19(25)17-13-8-4-5-9-14(13)22-23-17/h4-12H,3H2,1-2H3,(H,20,25)(H,21,24)(H,22,23). The molecule has 0 spiro atoms. The number of ether oxygens (including phenoxy) is 1. The van der Waals surface area contributed by atoms with E-state index in [-0.39, 0.29) is 11.6 Å². The Bertz CT molecular complexity index is 935. The summed E-state index contributed by atoms with van der Waals surface area (Å²) >= 11 is 0. The van der Waals surface area contributed by atoms with Crippen molar-refractivity contribution in [3.05, 3.63) is 54.2 Å². The SMILES string of the molecule is CCOc1ccccc1NC(=O)C(C)NC(=O)c1n[nH]c2ccccc12. The van der Waals surface area contributed by atoms with Crippen LogP contribution in [0.4, 0.5) is 5.69 Å². The number of hydrogen-bond acceptors (Lipinski definition) is 4. The number of carbonyl (C=O) groups excluding carboxylic acids is 2. The third-order valence-electron chi connectivity index (χ3n) is 3.87. The highest BCUT2D eigenvalue weighted by molar-refractivity contribution is 6.07. The summed E-state index contributed by atoms with van der Waals surface area (Å²) in [6.07, 6.45) is 0. The smallest absolute Gasteiger partial charge is 0.273 e. The second-order valence-electron chi connectivity index (χ2n) is 5.73. The van der Waals surface area contributed by atoms with Gasteiger partial charge in [0.25, 0.3) is 5.91 Å². The summed E-state index contributed by atoms with van der Waals surface area (Å²) in [4.78, 5) is 24.9. The van der Waals surface area contributed by atoms with Crippen molar-refractivity contribution in [2.75, 3.05) is 11.9 Å². The van der Waals surface area contributed by atoms with Gasteiger partial charge in [-0.05, 0) is 32.0 Å². The molecule has 1 atom stereocenters. The van der Waals surface area contributed by atoms with Crippen molar-refractivity contribution in [2.24, 2.45) is 0 Å². The lowest BCUT2D eigenvalue weighted by atomic mass is 10.2. The van der Waals surface area contributed by atoms with Gasteiger partial charge in [-0.3, -0.25) is 14.7 Å². The van der Waals surface area contributed by atoms with E-state index in [1.807, 2.05) is 31.2 Å². The van der Waals surface area contributed by atoms with E-state index < -0.39 is 11.9 Å². The van der Waals surface area contributed by atoms with Gasteiger partial charge in [-0.2, -0.15) is 5.10 Å². The molecule has 7 nitrogen and oxygen atoms in total. The molecule has 134 valence electrons. The van der Waals surface area contributed by atoms with E-state index in [2.05, 4.69) is 20.8 Å². The van der Waals surface area contributed by atoms with E-state index >= 15 is 0 Å². The summed E-state index contributed by atoms with van der Waals surface area (Å²) in [7, 11) is 0. The molecule has 3 aromatic rings. The molecule has 0 bridgehead atoms. The predicted octanol–water partition coefficient (Wildman–Crippen LogP) is 2.72. The zero-order chi connectivity index (χ0) is 18.5. The van der Waals surface area contributed by atoms with Crippen LogP contribution in [0.5, 0.6) is 5.75 Å². The van der Waals surface area contributed by atoms with E-state index in [9.17, 15) is 9.59 Å². The minimum absolute atomic E-state index is 0.259. The molecule has 0 saturated heterocycles. The number of carbonyl (C=O) groups is 2. The second-order valence-corrected chi connectivity index (χ2v) is 5.73. The summed E-state index contributed by atoms with van der Waals surface area (Å²) in [6.45, 7) is 3.98. The van der Waals surface area contributed by atoms with Crippen molar-refractivity contribution in [3.8, 4) is 5.75 Å². The molecular weight excluding hydrogens is 332 g/mol. The van der Waals surface area contributed by atoms with E-state index in [1.165, 1.54) is 0 Å². The highest BCUT2D eigenvalue weighted by atomic mass is 16.5. The molecule has 0 saturated carbocycles. The maximum Gasteiger partial charge on any atom is 0.273 e. The number of nitrogens with one attached hydrogen (secondary N) is 3. The second kappa shape index (κ2) is 7.69. The fraction of sp³-hybridized carbons (Fsp3) is 0.211. The predicted molar refractivity (Wildman–Crippen MR) is 99.3 cm³/mol. The van der Waals surface area contributed by atoms with Gasteiger partial charge in [-0.25, -0.2) is 0 Å². The number of hydrogen-bond donors (Lipinski definition) is 3. The number of fused-ring (bicyclic) bond motifs is 1. The van der Waals surface area contributed by atoms with Crippen molar-refractivity contribution in [1.29, 1.82) is 0 Å². The van der Waals surface area contributed by atoms with Gasteiger partial charge in [0, 0.05) is 5.39 Å². The first kappa shape index (κ1) is 17.5. The molecule has 1 heterocycles. The summed E-state index contributed by atoms with van der Waals surface area (Å²) in [5.74, 6) is -0.172. The van der Waals surface area contributed by atoms with Crippen molar-refractivity contribution >= 4 is 28.4 Å². The Hall–Kier alpha value is -3.35. The minimum atomic E-state index is -0.743. The number of anilines is 1. The minimum Gasteiger partial charge on any atom is -0.492 e. The summed E-state index contributed by atoms with van der Waals surface area (Å²) in [5, 5.41) is 13.0. The zero-order valence-electron chi connectivity index (χ0n) is 14.6. The van der Waals surface area contributed by atoms with Gasteiger partial charge in [0.2, 0.25) is 5.91 Å². The van der Waals surface area contributed by atoms with Crippen molar-refractivity contribution < 1.29 is 14.3 Å². The first-order valence-electron chi connectivity index (χ1n) is 8.36. The fourth-order valence-corrected chi connectivity index (χ4v) is 2.56. The van der Waals surface area contributed by atoms with Gasteiger partial charge < -0.3 is 15.4 Å². The van der Waals surface area contributed by atoms with Crippen molar-refractivity contribution in [2.45, 2.75) is 19.9 Å². The summed E-state index contributed by atoms with van der Waals surface area (Å²) in [6, 6.07) is 13.7. The van der Waals surface area contributed by atoms with Gasteiger partial charge in [0.05, 0.1) is 17.8 Å². The maximum absolute atomic E-state index is 12.5. The highest BCUT2D eigenvalue weighted by Crippen LogP contribution is 2.23. The molecule has 0 aliphatic heterocycles. The molecule has 0 aliphatic carbocycles. The summed E-state index contributed by atoms with van der Waals surface area (Å²) < 4.78 is 5.49. The molecule has 2 aromatic carbocycles. The number of benzene rings is 2. The largest absolute Gasteiger partial charge is 0.492 e. The van der Waals surface area contributed by atoms with Crippen molar-refractivity contribution in [3.63, 3.8) is 0 Å². The topological polar surface area (TPSA) is 96.1 Å². The Kier molecular flexibility index (Phi) is 5.17. The molecule has 3 rings (SSSR count). The Labute approximate surface area is 150 Å². The van der Waals surface area contributed by atoms with Crippen LogP contribution in [-0.4, -0.2) is 34.7 Å². The van der Waals surface area contributed by atoms with Gasteiger partial charge in [0.15, 0.2) is 5.69 Å². The number of H-pyrrole nitrogens is 1. The van der Waals surface area contributed by atoms with Crippen LogP contribution in [0, 0.1) is 0 Å². The lowest BCUT2D eigenvalue weighted by Gasteiger charge is -2.15. The van der Waals surface area contributed by atoms with Crippen LogP contribution in [0.25, 0.3) is 10.9 Å². The number of aromatic nitrogens is 2. The molecule has 0 radical (unpaired) electrons. The van der Waals surface area contributed by atoms with Gasteiger partial charge in [0.1, 0.15) is 11.8 Å². The summed E-state index contributed by atoms with van der Waals surface area (Å²) in [5.41, 5.74) is 1.58. The number of amides is 2. The van der Waals surface area contributed by atoms with Crippen LogP contribution in [0.15, 0.2) is 48.5 Å². The van der Waals surface area contributed by atoms with Crippen LogP contribution in [0.3, 0.4) is 0 Å². The van der Waals surface area contributed by atoms with E-state index in [4.69, 9.17) is 4.74 Å². The first-order chi connectivity index (χ1) is 12.6. The zero-order valence-corrected chi connectivity index (χ0v) is 14.6. The average Bonchev–Trinajstić information content (AvgIpc) is 3.07. The monoisotopic (exact) mass is 352 g/mol. The third kappa shape index (κ3) is 3.66. The Morgan fingerprint density at radius 2 is 1.88 bits per heavy atom. The number of rotatable bonds is 6. The number of para-hydroxylation sites is 3. The number of aromatic amines is 1. The number of nitrogens with zero attached hydrogens (tertiary/aromatic N) is 1. The quantitative estimate of drug-likeness (QED) is 0.635. The Morgan fingerprint density at radius 3 is 2.69 bits per heavy atom. The maximum atomic E-state index is 12.5. The molecule has 26 heavy (non-hydrogen) atoms. The molecular formula is C19H20N4O3. The third-order valence-corrected chi connectivity index (χ3v) is 3.87. The lowest BCUT2D eigenvalue weighted by molar-refractivity contribution is -0.117. The molecule has 7 heteroatoms. The van der Waals surface area contributed by atoms with E-state index in [0.717, 1.165) is 5.52 Å². The van der Waals surface area contributed by atoms with Crippen LogP contribution in [0.1, 0.15) is 24.3 Å². The van der Waals surface area contributed by atoms with Gasteiger partial charge in [-0.1, -0.05) is 30.3 Å². The van der Waals surface area contributed by atoms with Crippen LogP contribution < -0.4 is 15.4 Å². The molecule has 1 unspecified atom stereocenters. The molecule has 0 fully saturated rings. The molecule has 0 aliphatic rings. The molecule has 3 N–H and O–H groups in total. The Balaban J connectivity index is 1.69. The average molecular weight is 352 g/mol. The normalized spacial score (nSPS) is 11.8. The van der Waals surface area contributed by atoms with Gasteiger partial charge >= 0.3 is 0 Å². The van der Waals surface area contributed by atoms with Crippen LogP contribution in [0.2, 0.25) is 0 Å². The molecule has 1 aromatic heterocycles.